The van der Waals surface area contributed by atoms with Crippen molar-refractivity contribution in [2.24, 2.45) is 0 Å². The van der Waals surface area contributed by atoms with Gasteiger partial charge in [0.1, 0.15) is 11.3 Å². The molecule has 0 bridgehead atoms. The summed E-state index contributed by atoms with van der Waals surface area (Å²) in [6.07, 6.45) is 2.68. The summed E-state index contributed by atoms with van der Waals surface area (Å²) in [4.78, 5) is 30.6. The van der Waals surface area contributed by atoms with Gasteiger partial charge in [-0.2, -0.15) is 0 Å². The predicted molar refractivity (Wildman–Crippen MR) is 91.4 cm³/mol. The third kappa shape index (κ3) is 4.15. The number of pyridine rings is 1. The number of ether oxygens (including phenoxy) is 2. The number of carbonyl (C=O) groups excluding carboxylic acids is 2. The molecule has 1 fully saturated rings. The molecular formula is C19H20N2O4. The standard InChI is InChI=1S/C19H20N2O4/c1-14(18(22)21-12-5-6-13-21)24-19(23)16-10-7-11-20-17(16)25-15-8-3-2-4-9-15/h2-4,7-11,14H,5-6,12-13H2,1H3. The van der Waals surface area contributed by atoms with Crippen LogP contribution in [0, 0.1) is 0 Å². The van der Waals surface area contributed by atoms with E-state index in [1.54, 1.807) is 36.1 Å². The first-order valence-electron chi connectivity index (χ1n) is 8.33. The number of amides is 1. The van der Waals surface area contributed by atoms with Gasteiger partial charge in [-0.15, -0.1) is 0 Å². The molecule has 2 heterocycles. The summed E-state index contributed by atoms with van der Waals surface area (Å²) in [5, 5.41) is 0. The summed E-state index contributed by atoms with van der Waals surface area (Å²) in [6, 6.07) is 12.3. The van der Waals surface area contributed by atoms with Gasteiger partial charge in [-0.05, 0) is 44.0 Å². The number of benzene rings is 1. The lowest BCUT2D eigenvalue weighted by Gasteiger charge is -2.20. The lowest BCUT2D eigenvalue weighted by atomic mass is 10.2. The van der Waals surface area contributed by atoms with E-state index in [-0.39, 0.29) is 17.4 Å². The first kappa shape index (κ1) is 17.0. The zero-order valence-corrected chi connectivity index (χ0v) is 14.1. The quantitative estimate of drug-likeness (QED) is 0.783. The van der Waals surface area contributed by atoms with Gasteiger partial charge in [0.2, 0.25) is 5.88 Å². The lowest BCUT2D eigenvalue weighted by Crippen LogP contribution is -2.38. The van der Waals surface area contributed by atoms with E-state index in [9.17, 15) is 9.59 Å². The van der Waals surface area contributed by atoms with Crippen molar-refractivity contribution in [3.63, 3.8) is 0 Å². The summed E-state index contributed by atoms with van der Waals surface area (Å²) in [5.41, 5.74) is 0.187. The van der Waals surface area contributed by atoms with Gasteiger partial charge in [0.25, 0.3) is 5.91 Å². The van der Waals surface area contributed by atoms with E-state index >= 15 is 0 Å². The monoisotopic (exact) mass is 340 g/mol. The van der Waals surface area contributed by atoms with Crippen molar-refractivity contribution in [1.82, 2.24) is 9.88 Å². The second-order valence-corrected chi connectivity index (χ2v) is 5.85. The highest BCUT2D eigenvalue weighted by atomic mass is 16.6. The van der Waals surface area contributed by atoms with E-state index in [1.165, 1.54) is 6.20 Å². The average Bonchev–Trinajstić information content (AvgIpc) is 3.17. The van der Waals surface area contributed by atoms with Crippen LogP contribution >= 0.6 is 0 Å². The number of hydrogen-bond acceptors (Lipinski definition) is 5. The fourth-order valence-corrected chi connectivity index (χ4v) is 2.70. The van der Waals surface area contributed by atoms with Gasteiger partial charge in [-0.3, -0.25) is 4.79 Å². The predicted octanol–water partition coefficient (Wildman–Crippen LogP) is 3.04. The molecule has 0 N–H and O–H groups in total. The van der Waals surface area contributed by atoms with Crippen LogP contribution in [0.5, 0.6) is 11.6 Å². The summed E-state index contributed by atoms with van der Waals surface area (Å²) < 4.78 is 11.0. The molecule has 1 amide bonds. The van der Waals surface area contributed by atoms with Crippen molar-refractivity contribution < 1.29 is 19.1 Å². The Balaban J connectivity index is 1.70. The van der Waals surface area contributed by atoms with Gasteiger partial charge in [0.15, 0.2) is 6.10 Å². The Bertz CT molecular complexity index is 742. The maximum atomic E-state index is 12.5. The molecular weight excluding hydrogens is 320 g/mol. The summed E-state index contributed by atoms with van der Waals surface area (Å²) in [5.74, 6) is -0.0738. The number of hydrogen-bond donors (Lipinski definition) is 0. The van der Waals surface area contributed by atoms with Crippen LogP contribution in [0.15, 0.2) is 48.7 Å². The highest BCUT2D eigenvalue weighted by Crippen LogP contribution is 2.23. The SMILES string of the molecule is CC(OC(=O)c1cccnc1Oc1ccccc1)C(=O)N1CCCC1. The number of aromatic nitrogens is 1. The third-order valence-electron chi connectivity index (χ3n) is 4.00. The van der Waals surface area contributed by atoms with E-state index in [1.807, 2.05) is 18.2 Å². The molecule has 6 nitrogen and oxygen atoms in total. The number of likely N-dealkylation sites (tertiary alicyclic amines) is 1. The molecule has 6 heteroatoms. The molecule has 1 aliphatic rings. The second-order valence-electron chi connectivity index (χ2n) is 5.85. The Morgan fingerprint density at radius 3 is 2.52 bits per heavy atom. The van der Waals surface area contributed by atoms with Gasteiger partial charge in [-0.25, -0.2) is 9.78 Å². The molecule has 1 aromatic heterocycles. The summed E-state index contributed by atoms with van der Waals surface area (Å²) in [7, 11) is 0. The number of para-hydroxylation sites is 1. The van der Waals surface area contributed by atoms with Crippen LogP contribution < -0.4 is 4.74 Å². The van der Waals surface area contributed by atoms with Gasteiger partial charge in [-0.1, -0.05) is 18.2 Å². The largest absolute Gasteiger partial charge is 0.449 e. The molecule has 0 spiro atoms. The van der Waals surface area contributed by atoms with Crippen LogP contribution in [-0.2, 0) is 9.53 Å². The van der Waals surface area contributed by atoms with E-state index in [2.05, 4.69) is 4.98 Å². The summed E-state index contributed by atoms with van der Waals surface area (Å²) >= 11 is 0. The zero-order valence-electron chi connectivity index (χ0n) is 14.1. The van der Waals surface area contributed by atoms with E-state index in [4.69, 9.17) is 9.47 Å². The molecule has 1 atom stereocenters. The fraction of sp³-hybridized carbons (Fsp3) is 0.316. The Labute approximate surface area is 146 Å². The van der Waals surface area contributed by atoms with Gasteiger partial charge >= 0.3 is 5.97 Å². The van der Waals surface area contributed by atoms with Crippen LogP contribution in [0.2, 0.25) is 0 Å². The van der Waals surface area contributed by atoms with Crippen LogP contribution in [0.3, 0.4) is 0 Å². The minimum atomic E-state index is -0.838. The topological polar surface area (TPSA) is 68.7 Å². The van der Waals surface area contributed by atoms with Crippen molar-refractivity contribution in [3.8, 4) is 11.6 Å². The first-order valence-corrected chi connectivity index (χ1v) is 8.33. The molecule has 130 valence electrons. The maximum Gasteiger partial charge on any atom is 0.344 e. The molecule has 0 saturated carbocycles. The van der Waals surface area contributed by atoms with Crippen molar-refractivity contribution >= 4 is 11.9 Å². The summed E-state index contributed by atoms with van der Waals surface area (Å²) in [6.45, 7) is 3.03. The fourth-order valence-electron chi connectivity index (χ4n) is 2.70. The van der Waals surface area contributed by atoms with Gasteiger partial charge in [0.05, 0.1) is 0 Å². The molecule has 0 radical (unpaired) electrons. The second kappa shape index (κ2) is 7.79. The van der Waals surface area contributed by atoms with Crippen molar-refractivity contribution in [2.75, 3.05) is 13.1 Å². The first-order chi connectivity index (χ1) is 12.1. The van der Waals surface area contributed by atoms with E-state index in [0.717, 1.165) is 25.9 Å². The van der Waals surface area contributed by atoms with Crippen LogP contribution in [0.25, 0.3) is 0 Å². The van der Waals surface area contributed by atoms with E-state index < -0.39 is 12.1 Å². The van der Waals surface area contributed by atoms with Crippen molar-refractivity contribution in [3.05, 3.63) is 54.2 Å². The highest BCUT2D eigenvalue weighted by Gasteiger charge is 2.27. The molecule has 0 aliphatic carbocycles. The van der Waals surface area contributed by atoms with Crippen LogP contribution in [0.1, 0.15) is 30.1 Å². The van der Waals surface area contributed by atoms with Crippen LogP contribution in [-0.4, -0.2) is 41.0 Å². The maximum absolute atomic E-state index is 12.5. The molecule has 1 unspecified atom stereocenters. The lowest BCUT2D eigenvalue weighted by molar-refractivity contribution is -0.138. The number of nitrogens with zero attached hydrogens (tertiary/aromatic N) is 2. The van der Waals surface area contributed by atoms with E-state index in [0.29, 0.717) is 5.75 Å². The molecule has 1 aromatic carbocycles. The highest BCUT2D eigenvalue weighted by molar-refractivity contribution is 5.94. The Morgan fingerprint density at radius 1 is 1.08 bits per heavy atom. The minimum Gasteiger partial charge on any atom is -0.449 e. The van der Waals surface area contributed by atoms with Crippen LogP contribution in [0.4, 0.5) is 0 Å². The smallest absolute Gasteiger partial charge is 0.344 e. The molecule has 2 aromatic rings. The number of carbonyl (C=O) groups is 2. The van der Waals surface area contributed by atoms with Gasteiger partial charge < -0.3 is 14.4 Å². The average molecular weight is 340 g/mol. The minimum absolute atomic E-state index is 0.152. The molecule has 3 rings (SSSR count). The Hall–Kier alpha value is -2.89. The van der Waals surface area contributed by atoms with Crippen molar-refractivity contribution in [1.29, 1.82) is 0 Å². The third-order valence-corrected chi connectivity index (χ3v) is 4.00. The Kier molecular flexibility index (Phi) is 5.28. The Morgan fingerprint density at radius 2 is 1.80 bits per heavy atom. The molecule has 25 heavy (non-hydrogen) atoms. The normalized spacial score (nSPS) is 14.8. The number of rotatable bonds is 5. The molecule has 1 saturated heterocycles. The van der Waals surface area contributed by atoms with Gasteiger partial charge in [0, 0.05) is 19.3 Å². The zero-order chi connectivity index (χ0) is 17.6. The van der Waals surface area contributed by atoms with Crippen molar-refractivity contribution in [2.45, 2.75) is 25.9 Å². The number of esters is 1. The molecule has 1 aliphatic heterocycles.